The summed E-state index contributed by atoms with van der Waals surface area (Å²) in [5.74, 6) is -0.322. The molecule has 1 aliphatic rings. The number of carbonyl (C=O) groups excluding carboxylic acids is 1. The highest BCUT2D eigenvalue weighted by Gasteiger charge is 2.25. The van der Waals surface area contributed by atoms with Gasteiger partial charge in [0.1, 0.15) is 5.00 Å². The number of nitrogens with zero attached hydrogens (tertiary/aromatic N) is 2. The van der Waals surface area contributed by atoms with E-state index in [1.807, 2.05) is 30.5 Å². The monoisotopic (exact) mass is 474 g/mol. The number of benzene rings is 1. The first-order valence-corrected chi connectivity index (χ1v) is 11.7. The van der Waals surface area contributed by atoms with Crippen molar-refractivity contribution in [3.63, 3.8) is 0 Å². The standard InChI is InChI=1S/C22H23ClN4O2S2/c1-29-21(28)19-16-8-3-2-4-10-18(16)31-20(19)26-22(30)25-15-11-24-27(13-15)12-14-7-5-6-9-17(14)23/h5-7,9,11,13H,2-4,8,10,12H2,1H3,(H2,25,26,30). The summed E-state index contributed by atoms with van der Waals surface area (Å²) >= 11 is 13.3. The van der Waals surface area contributed by atoms with Gasteiger partial charge in [0.25, 0.3) is 0 Å². The zero-order valence-corrected chi connectivity index (χ0v) is 19.5. The Balaban J connectivity index is 1.46. The van der Waals surface area contributed by atoms with E-state index in [1.165, 1.54) is 18.4 Å². The number of anilines is 2. The summed E-state index contributed by atoms with van der Waals surface area (Å²) < 4.78 is 6.84. The van der Waals surface area contributed by atoms with Crippen LogP contribution in [0.1, 0.15) is 45.6 Å². The van der Waals surface area contributed by atoms with Gasteiger partial charge in [-0.25, -0.2) is 4.79 Å². The molecule has 0 aliphatic heterocycles. The number of aryl methyl sites for hydroxylation is 1. The van der Waals surface area contributed by atoms with Crippen molar-refractivity contribution in [2.24, 2.45) is 0 Å². The molecule has 2 N–H and O–H groups in total. The van der Waals surface area contributed by atoms with Gasteiger partial charge in [-0.15, -0.1) is 11.3 Å². The maximum Gasteiger partial charge on any atom is 0.341 e. The average molecular weight is 475 g/mol. The molecule has 0 unspecified atom stereocenters. The average Bonchev–Trinajstić information content (AvgIpc) is 3.25. The van der Waals surface area contributed by atoms with Crippen LogP contribution in [0.2, 0.25) is 5.02 Å². The summed E-state index contributed by atoms with van der Waals surface area (Å²) in [4.78, 5) is 13.7. The Labute approximate surface area is 195 Å². The van der Waals surface area contributed by atoms with E-state index in [9.17, 15) is 4.79 Å². The van der Waals surface area contributed by atoms with Crippen molar-refractivity contribution in [2.45, 2.75) is 38.6 Å². The van der Waals surface area contributed by atoms with Gasteiger partial charge in [0.2, 0.25) is 0 Å². The minimum atomic E-state index is -0.322. The molecule has 0 bridgehead atoms. The van der Waals surface area contributed by atoms with Crippen LogP contribution < -0.4 is 10.6 Å². The lowest BCUT2D eigenvalue weighted by molar-refractivity contribution is 0.0601. The molecule has 2 heterocycles. The third kappa shape index (κ3) is 5.08. The van der Waals surface area contributed by atoms with Gasteiger partial charge < -0.3 is 15.4 Å². The number of fused-ring (bicyclic) bond motifs is 1. The quantitative estimate of drug-likeness (QED) is 0.288. The Morgan fingerprint density at radius 1 is 1.26 bits per heavy atom. The van der Waals surface area contributed by atoms with Crippen LogP contribution in [0.25, 0.3) is 0 Å². The normalized spacial score (nSPS) is 13.2. The number of methoxy groups -OCH3 is 1. The second kappa shape index (κ2) is 9.80. The summed E-state index contributed by atoms with van der Waals surface area (Å²) in [5.41, 5.74) is 3.46. The number of esters is 1. The number of thiophene rings is 1. The van der Waals surface area contributed by atoms with E-state index in [2.05, 4.69) is 15.7 Å². The van der Waals surface area contributed by atoms with Crippen LogP contribution in [0.15, 0.2) is 36.7 Å². The predicted octanol–water partition coefficient (Wildman–Crippen LogP) is 5.51. The molecule has 4 rings (SSSR count). The van der Waals surface area contributed by atoms with Gasteiger partial charge in [-0.3, -0.25) is 4.68 Å². The fourth-order valence-corrected chi connectivity index (χ4v) is 5.49. The molecule has 3 aromatic rings. The Hall–Kier alpha value is -2.42. The fraction of sp³-hybridized carbons (Fsp3) is 0.318. The minimum Gasteiger partial charge on any atom is -0.465 e. The van der Waals surface area contributed by atoms with E-state index >= 15 is 0 Å². The predicted molar refractivity (Wildman–Crippen MR) is 130 cm³/mol. The molecule has 31 heavy (non-hydrogen) atoms. The van der Waals surface area contributed by atoms with Crippen LogP contribution in [-0.2, 0) is 24.1 Å². The first-order valence-electron chi connectivity index (χ1n) is 10.1. The summed E-state index contributed by atoms with van der Waals surface area (Å²) in [7, 11) is 1.41. The maximum atomic E-state index is 12.5. The molecule has 0 radical (unpaired) electrons. The van der Waals surface area contributed by atoms with Crippen molar-refractivity contribution in [3.05, 3.63) is 63.2 Å². The van der Waals surface area contributed by atoms with Crippen molar-refractivity contribution >= 4 is 56.9 Å². The minimum absolute atomic E-state index is 0.322. The van der Waals surface area contributed by atoms with Gasteiger partial charge in [-0.2, -0.15) is 5.10 Å². The molecule has 6 nitrogen and oxygen atoms in total. The number of nitrogens with one attached hydrogen (secondary N) is 2. The first kappa shape index (κ1) is 21.8. The number of rotatable bonds is 5. The molecule has 0 saturated carbocycles. The number of thiocarbonyl (C=S) groups is 1. The topological polar surface area (TPSA) is 68.2 Å². The van der Waals surface area contributed by atoms with E-state index in [0.29, 0.717) is 22.2 Å². The molecule has 0 atom stereocenters. The van der Waals surface area contributed by atoms with Gasteiger partial charge in [-0.1, -0.05) is 36.2 Å². The van der Waals surface area contributed by atoms with E-state index in [1.54, 1.807) is 22.2 Å². The smallest absolute Gasteiger partial charge is 0.341 e. The summed E-state index contributed by atoms with van der Waals surface area (Å²) in [6, 6.07) is 7.68. The number of ether oxygens (including phenoxy) is 1. The highest BCUT2D eigenvalue weighted by Crippen LogP contribution is 2.38. The summed E-state index contributed by atoms with van der Waals surface area (Å²) in [5, 5.41) is 12.6. The van der Waals surface area contributed by atoms with E-state index < -0.39 is 0 Å². The zero-order valence-electron chi connectivity index (χ0n) is 17.1. The van der Waals surface area contributed by atoms with Gasteiger partial charge in [0, 0.05) is 16.1 Å². The molecule has 0 amide bonds. The van der Waals surface area contributed by atoms with Gasteiger partial charge in [0.15, 0.2) is 5.11 Å². The molecule has 162 valence electrons. The second-order valence-corrected chi connectivity index (χ2v) is 9.28. The number of carbonyl (C=O) groups is 1. The molecule has 0 saturated heterocycles. The molecule has 0 spiro atoms. The van der Waals surface area contributed by atoms with Crippen molar-refractivity contribution in [2.75, 3.05) is 17.7 Å². The highest BCUT2D eigenvalue weighted by molar-refractivity contribution is 7.80. The third-order valence-electron chi connectivity index (χ3n) is 5.22. The molecule has 1 aromatic carbocycles. The third-order valence-corrected chi connectivity index (χ3v) is 7.00. The van der Waals surface area contributed by atoms with Crippen LogP contribution in [0.5, 0.6) is 0 Å². The molecule has 9 heteroatoms. The zero-order chi connectivity index (χ0) is 21.8. The highest BCUT2D eigenvalue weighted by atomic mass is 35.5. The van der Waals surface area contributed by atoms with Crippen LogP contribution in [0.4, 0.5) is 10.7 Å². The maximum absolute atomic E-state index is 12.5. The number of hydrogen-bond acceptors (Lipinski definition) is 5. The Kier molecular flexibility index (Phi) is 6.89. The van der Waals surface area contributed by atoms with E-state index in [4.69, 9.17) is 28.6 Å². The van der Waals surface area contributed by atoms with E-state index in [0.717, 1.165) is 47.5 Å². The second-order valence-electron chi connectivity index (χ2n) is 7.36. The van der Waals surface area contributed by atoms with Gasteiger partial charge in [0.05, 0.1) is 31.1 Å². The van der Waals surface area contributed by atoms with Crippen LogP contribution >= 0.6 is 35.2 Å². The fourth-order valence-electron chi connectivity index (χ4n) is 3.73. The van der Waals surface area contributed by atoms with Crippen LogP contribution in [0.3, 0.4) is 0 Å². The molecular formula is C22H23ClN4O2S2. The van der Waals surface area contributed by atoms with Crippen molar-refractivity contribution < 1.29 is 9.53 Å². The lowest BCUT2D eigenvalue weighted by Crippen LogP contribution is -2.20. The first-order chi connectivity index (χ1) is 15.0. The van der Waals surface area contributed by atoms with Crippen LogP contribution in [0, 0.1) is 0 Å². The largest absolute Gasteiger partial charge is 0.465 e. The molecular weight excluding hydrogens is 452 g/mol. The summed E-state index contributed by atoms with van der Waals surface area (Å²) in [6.07, 6.45) is 8.86. The Bertz CT molecular complexity index is 1110. The van der Waals surface area contributed by atoms with Gasteiger partial charge in [-0.05, 0) is 55.1 Å². The number of hydrogen-bond donors (Lipinski definition) is 2. The number of halogens is 1. The lowest BCUT2D eigenvalue weighted by atomic mass is 10.1. The summed E-state index contributed by atoms with van der Waals surface area (Å²) in [6.45, 7) is 0.561. The molecule has 2 aromatic heterocycles. The van der Waals surface area contributed by atoms with E-state index in [-0.39, 0.29) is 5.97 Å². The van der Waals surface area contributed by atoms with Gasteiger partial charge >= 0.3 is 5.97 Å². The van der Waals surface area contributed by atoms with Crippen LogP contribution in [-0.4, -0.2) is 28.0 Å². The SMILES string of the molecule is COC(=O)c1c(NC(=S)Nc2cnn(Cc3ccccc3Cl)c2)sc2c1CCCCC2. The number of aromatic nitrogens is 2. The van der Waals surface area contributed by atoms with Crippen molar-refractivity contribution in [1.82, 2.24) is 9.78 Å². The van der Waals surface area contributed by atoms with Crippen molar-refractivity contribution in [1.29, 1.82) is 0 Å². The van der Waals surface area contributed by atoms with Crippen molar-refractivity contribution in [3.8, 4) is 0 Å². The Morgan fingerprint density at radius 2 is 2.06 bits per heavy atom. The molecule has 1 aliphatic carbocycles. The Morgan fingerprint density at radius 3 is 2.87 bits per heavy atom. The lowest BCUT2D eigenvalue weighted by Gasteiger charge is -2.10. The molecule has 0 fully saturated rings.